The molecule has 1 aromatic carbocycles. The Morgan fingerprint density at radius 2 is 1.53 bits per heavy atom. The average Bonchev–Trinajstić information content (AvgIpc) is 2.28. The summed E-state index contributed by atoms with van der Waals surface area (Å²) >= 11 is 2.16. The molecule has 1 aromatic rings. The van der Waals surface area contributed by atoms with Crippen LogP contribution in [0.2, 0.25) is 0 Å². The topological polar surface area (TPSA) is 27.7 Å². The molecule has 0 unspecified atom stereocenters. The largest absolute Gasteiger partial charge is 0.493 e. The van der Waals surface area contributed by atoms with E-state index >= 15 is 0 Å². The minimum Gasteiger partial charge on any atom is -0.493 e. The van der Waals surface area contributed by atoms with Crippen molar-refractivity contribution >= 4 is 28.7 Å². The monoisotopic (exact) mass is 320 g/mol. The Balaban J connectivity index is 3.28. The quantitative estimate of drug-likeness (QED) is 0.798. The van der Waals surface area contributed by atoms with Crippen LogP contribution in [0, 0.1) is 0 Å². The second kappa shape index (κ2) is 5.85. The molecule has 0 saturated heterocycles. The van der Waals surface area contributed by atoms with Gasteiger partial charge >= 0.3 is 0 Å². The van der Waals surface area contributed by atoms with Crippen molar-refractivity contribution in [2.24, 2.45) is 0 Å². The molecule has 0 bridgehead atoms. The van der Waals surface area contributed by atoms with Crippen molar-refractivity contribution in [1.29, 1.82) is 0 Å². The Kier molecular flexibility index (Phi) is 4.74. The second-order valence-electron chi connectivity index (χ2n) is 2.75. The van der Waals surface area contributed by atoms with Gasteiger partial charge in [-0.25, -0.2) is 0 Å². The lowest BCUT2D eigenvalue weighted by molar-refractivity contribution is 0.324. The number of ether oxygens (including phenoxy) is 3. The maximum absolute atomic E-state index is 5.22. The molecule has 0 atom stereocenters. The summed E-state index contributed by atoms with van der Waals surface area (Å²) in [5.41, 5.74) is 1.01. The molecule has 0 amide bonds. The number of rotatable bonds is 4. The van der Waals surface area contributed by atoms with Crippen molar-refractivity contribution in [3.8, 4) is 17.2 Å². The van der Waals surface area contributed by atoms with Crippen molar-refractivity contribution in [2.45, 2.75) is 0 Å². The van der Waals surface area contributed by atoms with Crippen LogP contribution in [0.3, 0.4) is 0 Å². The first kappa shape index (κ1) is 12.2. The van der Waals surface area contributed by atoms with E-state index in [2.05, 4.69) is 22.6 Å². The molecule has 0 aliphatic heterocycles. The van der Waals surface area contributed by atoms with E-state index in [1.807, 2.05) is 22.3 Å². The first-order valence-corrected chi connectivity index (χ1v) is 5.58. The van der Waals surface area contributed by atoms with Gasteiger partial charge in [0, 0.05) is 0 Å². The normalized spacial score (nSPS) is 10.4. The molecular formula is C11H13IO3. The van der Waals surface area contributed by atoms with Gasteiger partial charge in [-0.1, -0.05) is 22.6 Å². The molecule has 0 saturated carbocycles. The van der Waals surface area contributed by atoms with Gasteiger partial charge in [-0.2, -0.15) is 0 Å². The van der Waals surface area contributed by atoms with Crippen LogP contribution < -0.4 is 14.2 Å². The first-order chi connectivity index (χ1) is 7.26. The molecule has 0 heterocycles. The number of hydrogen-bond acceptors (Lipinski definition) is 3. The summed E-state index contributed by atoms with van der Waals surface area (Å²) in [6.07, 6.45) is 1.96. The Labute approximate surface area is 103 Å². The third-order valence-electron chi connectivity index (χ3n) is 1.94. The van der Waals surface area contributed by atoms with Gasteiger partial charge in [-0.3, -0.25) is 0 Å². The lowest BCUT2D eigenvalue weighted by Gasteiger charge is -2.12. The molecule has 0 aromatic heterocycles. The van der Waals surface area contributed by atoms with Gasteiger partial charge in [0.05, 0.1) is 21.3 Å². The molecule has 3 nitrogen and oxygen atoms in total. The van der Waals surface area contributed by atoms with Crippen LogP contribution in [0.4, 0.5) is 0 Å². The van der Waals surface area contributed by atoms with Gasteiger partial charge in [0.25, 0.3) is 0 Å². The van der Waals surface area contributed by atoms with Crippen LogP contribution in [0.15, 0.2) is 16.2 Å². The van der Waals surface area contributed by atoms with Crippen LogP contribution in [0.25, 0.3) is 6.08 Å². The zero-order valence-electron chi connectivity index (χ0n) is 8.91. The van der Waals surface area contributed by atoms with Crippen LogP contribution in [0.1, 0.15) is 5.56 Å². The van der Waals surface area contributed by atoms with E-state index in [0.29, 0.717) is 17.2 Å². The highest BCUT2D eigenvalue weighted by Gasteiger charge is 2.11. The highest BCUT2D eigenvalue weighted by atomic mass is 127. The zero-order valence-corrected chi connectivity index (χ0v) is 11.1. The van der Waals surface area contributed by atoms with Crippen LogP contribution in [0.5, 0.6) is 17.2 Å². The van der Waals surface area contributed by atoms with Gasteiger partial charge in [0.15, 0.2) is 11.5 Å². The van der Waals surface area contributed by atoms with E-state index in [4.69, 9.17) is 14.2 Å². The lowest BCUT2D eigenvalue weighted by Crippen LogP contribution is -1.95. The Hall–Kier alpha value is -0.910. The Morgan fingerprint density at radius 1 is 1.00 bits per heavy atom. The highest BCUT2D eigenvalue weighted by molar-refractivity contribution is 14.1. The van der Waals surface area contributed by atoms with Crippen molar-refractivity contribution < 1.29 is 14.2 Å². The average molecular weight is 320 g/mol. The maximum Gasteiger partial charge on any atom is 0.203 e. The third kappa shape index (κ3) is 2.77. The molecule has 0 radical (unpaired) electrons. The predicted octanol–water partition coefficient (Wildman–Crippen LogP) is 3.12. The van der Waals surface area contributed by atoms with E-state index in [1.165, 1.54) is 0 Å². The Bertz CT molecular complexity index is 336. The fourth-order valence-corrected chi connectivity index (χ4v) is 1.69. The highest BCUT2D eigenvalue weighted by Crippen LogP contribution is 2.38. The minimum atomic E-state index is 0.616. The minimum absolute atomic E-state index is 0.616. The SMILES string of the molecule is COc1cc(/C=C/I)cc(OC)c1OC. The molecule has 4 heteroatoms. The molecule has 82 valence electrons. The number of hydrogen-bond donors (Lipinski definition) is 0. The van der Waals surface area contributed by atoms with Crippen LogP contribution in [-0.2, 0) is 0 Å². The van der Waals surface area contributed by atoms with Gasteiger partial charge < -0.3 is 14.2 Å². The molecule has 0 aliphatic carbocycles. The summed E-state index contributed by atoms with van der Waals surface area (Å²) in [5.74, 6) is 1.95. The number of halogens is 1. The van der Waals surface area contributed by atoms with Crippen molar-refractivity contribution in [2.75, 3.05) is 21.3 Å². The van der Waals surface area contributed by atoms with Gasteiger partial charge in [-0.05, 0) is 27.9 Å². The van der Waals surface area contributed by atoms with Crippen molar-refractivity contribution in [1.82, 2.24) is 0 Å². The smallest absolute Gasteiger partial charge is 0.203 e. The van der Waals surface area contributed by atoms with E-state index in [0.717, 1.165) is 5.56 Å². The molecule has 0 fully saturated rings. The maximum atomic E-state index is 5.22. The Morgan fingerprint density at radius 3 is 1.87 bits per heavy atom. The lowest BCUT2D eigenvalue weighted by atomic mass is 10.2. The summed E-state index contributed by atoms with van der Waals surface area (Å²) in [7, 11) is 4.80. The fourth-order valence-electron chi connectivity index (χ4n) is 1.27. The zero-order chi connectivity index (χ0) is 11.3. The van der Waals surface area contributed by atoms with Crippen molar-refractivity contribution in [3.05, 3.63) is 21.8 Å². The fraction of sp³-hybridized carbons (Fsp3) is 0.273. The van der Waals surface area contributed by atoms with Crippen molar-refractivity contribution in [3.63, 3.8) is 0 Å². The predicted molar refractivity (Wildman–Crippen MR) is 69.2 cm³/mol. The van der Waals surface area contributed by atoms with Gasteiger partial charge in [-0.15, -0.1) is 0 Å². The summed E-state index contributed by atoms with van der Waals surface area (Å²) < 4.78 is 17.6. The van der Waals surface area contributed by atoms with E-state index in [9.17, 15) is 0 Å². The summed E-state index contributed by atoms with van der Waals surface area (Å²) in [6.45, 7) is 0. The molecule has 0 spiro atoms. The molecular weight excluding hydrogens is 307 g/mol. The van der Waals surface area contributed by atoms with Gasteiger partial charge in [0.1, 0.15) is 0 Å². The van der Waals surface area contributed by atoms with Crippen LogP contribution >= 0.6 is 22.6 Å². The molecule has 0 aliphatic rings. The standard InChI is InChI=1S/C11H13IO3/c1-13-9-6-8(4-5-12)7-10(14-2)11(9)15-3/h4-7H,1-3H3/b5-4+. The van der Waals surface area contributed by atoms with Gasteiger partial charge in [0.2, 0.25) is 5.75 Å². The van der Waals surface area contributed by atoms with E-state index < -0.39 is 0 Å². The van der Waals surface area contributed by atoms with Crippen LogP contribution in [-0.4, -0.2) is 21.3 Å². The summed E-state index contributed by atoms with van der Waals surface area (Å²) in [6, 6.07) is 3.80. The molecule has 1 rings (SSSR count). The van der Waals surface area contributed by atoms with E-state index in [1.54, 1.807) is 21.3 Å². The number of methoxy groups -OCH3 is 3. The number of benzene rings is 1. The summed E-state index contributed by atoms with van der Waals surface area (Å²) in [4.78, 5) is 0. The second-order valence-corrected chi connectivity index (χ2v) is 3.47. The third-order valence-corrected chi connectivity index (χ3v) is 2.30. The molecule has 15 heavy (non-hydrogen) atoms. The first-order valence-electron chi connectivity index (χ1n) is 4.33. The summed E-state index contributed by atoms with van der Waals surface area (Å²) in [5, 5.41) is 0. The molecule has 0 N–H and O–H groups in total. The van der Waals surface area contributed by atoms with E-state index in [-0.39, 0.29) is 0 Å².